The maximum Gasteiger partial charge on any atom is 0.416 e. The number of hydrogen-bond acceptors (Lipinski definition) is 1. The van der Waals surface area contributed by atoms with E-state index in [-0.39, 0.29) is 12.1 Å². The minimum absolute atomic E-state index is 0.110. The number of hydrogen-bond donors (Lipinski definition) is 1. The highest BCUT2D eigenvalue weighted by molar-refractivity contribution is 5.75. The molecule has 1 aliphatic heterocycles. The molecular weight excluding hydrogens is 348 g/mol. The second-order valence-electron chi connectivity index (χ2n) is 6.23. The van der Waals surface area contributed by atoms with Gasteiger partial charge in [0, 0.05) is 13.1 Å². The Balaban J connectivity index is 1.75. The highest BCUT2D eigenvalue weighted by Gasteiger charge is 2.38. The normalized spacial score (nSPS) is 17.4. The van der Waals surface area contributed by atoms with Crippen molar-refractivity contribution in [1.82, 2.24) is 10.2 Å². The lowest BCUT2D eigenvalue weighted by Crippen LogP contribution is -2.39. The summed E-state index contributed by atoms with van der Waals surface area (Å²) < 4.78 is 53.1. The molecule has 1 atom stereocenters. The van der Waals surface area contributed by atoms with E-state index < -0.39 is 29.6 Å². The first-order chi connectivity index (χ1) is 12.4. The van der Waals surface area contributed by atoms with Crippen LogP contribution in [0, 0.1) is 5.82 Å². The maximum absolute atomic E-state index is 13.3. The second-order valence-corrected chi connectivity index (χ2v) is 6.23. The largest absolute Gasteiger partial charge is 0.416 e. The van der Waals surface area contributed by atoms with E-state index in [1.807, 2.05) is 0 Å². The van der Waals surface area contributed by atoms with Crippen molar-refractivity contribution in [1.29, 1.82) is 0 Å². The highest BCUT2D eigenvalue weighted by atomic mass is 19.4. The molecule has 138 valence electrons. The molecule has 0 bridgehead atoms. The molecule has 3 rings (SSSR count). The minimum Gasteiger partial charge on any atom is -0.334 e. The molecular formula is C19H18F4N2O. The average molecular weight is 366 g/mol. The zero-order valence-electron chi connectivity index (χ0n) is 13.9. The van der Waals surface area contributed by atoms with Crippen molar-refractivity contribution in [2.75, 3.05) is 6.54 Å². The van der Waals surface area contributed by atoms with Gasteiger partial charge in [-0.2, -0.15) is 13.2 Å². The first-order valence-electron chi connectivity index (χ1n) is 8.31. The van der Waals surface area contributed by atoms with Gasteiger partial charge in [-0.25, -0.2) is 9.18 Å². The molecule has 1 fully saturated rings. The van der Waals surface area contributed by atoms with Crippen LogP contribution in [0.5, 0.6) is 0 Å². The summed E-state index contributed by atoms with van der Waals surface area (Å²) in [6.07, 6.45) is -3.37. The molecule has 26 heavy (non-hydrogen) atoms. The smallest absolute Gasteiger partial charge is 0.334 e. The van der Waals surface area contributed by atoms with Gasteiger partial charge in [0.1, 0.15) is 5.82 Å². The fraction of sp³-hybridized carbons (Fsp3) is 0.316. The van der Waals surface area contributed by atoms with Crippen molar-refractivity contribution >= 4 is 6.03 Å². The van der Waals surface area contributed by atoms with Crippen LogP contribution in [-0.2, 0) is 12.7 Å². The number of alkyl halides is 3. The predicted octanol–water partition coefficient (Wildman–Crippen LogP) is 4.89. The molecule has 0 aromatic heterocycles. The van der Waals surface area contributed by atoms with E-state index in [2.05, 4.69) is 5.32 Å². The molecule has 2 amide bonds. The molecule has 0 aliphatic carbocycles. The van der Waals surface area contributed by atoms with Crippen LogP contribution in [-0.4, -0.2) is 17.5 Å². The van der Waals surface area contributed by atoms with Crippen LogP contribution >= 0.6 is 0 Å². The third-order valence-electron chi connectivity index (χ3n) is 4.47. The third kappa shape index (κ3) is 3.98. The molecule has 0 spiro atoms. The fourth-order valence-corrected chi connectivity index (χ4v) is 3.31. The van der Waals surface area contributed by atoms with Crippen LogP contribution in [0.25, 0.3) is 0 Å². The summed E-state index contributed by atoms with van der Waals surface area (Å²) in [4.78, 5) is 13.9. The zero-order valence-corrected chi connectivity index (χ0v) is 13.9. The Labute approximate surface area is 148 Å². The van der Waals surface area contributed by atoms with Crippen LogP contribution in [0.4, 0.5) is 22.4 Å². The lowest BCUT2D eigenvalue weighted by molar-refractivity contribution is -0.138. The van der Waals surface area contributed by atoms with Gasteiger partial charge in [-0.15, -0.1) is 0 Å². The molecule has 1 unspecified atom stereocenters. The summed E-state index contributed by atoms with van der Waals surface area (Å²) in [6.45, 7) is 0.493. The molecule has 1 heterocycles. The number of amides is 2. The van der Waals surface area contributed by atoms with E-state index in [1.165, 1.54) is 35.2 Å². The van der Waals surface area contributed by atoms with Gasteiger partial charge in [0.15, 0.2) is 0 Å². The van der Waals surface area contributed by atoms with E-state index in [9.17, 15) is 22.4 Å². The van der Waals surface area contributed by atoms with Crippen molar-refractivity contribution in [3.63, 3.8) is 0 Å². The average Bonchev–Trinajstić information content (AvgIpc) is 3.09. The molecule has 0 saturated carbocycles. The van der Waals surface area contributed by atoms with Crippen LogP contribution in [0.1, 0.15) is 35.6 Å². The van der Waals surface area contributed by atoms with E-state index in [1.54, 1.807) is 12.1 Å². The molecule has 1 saturated heterocycles. The number of carbonyl (C=O) groups is 1. The summed E-state index contributed by atoms with van der Waals surface area (Å²) in [5, 5.41) is 2.67. The minimum atomic E-state index is -4.47. The van der Waals surface area contributed by atoms with Gasteiger partial charge in [0.25, 0.3) is 0 Å². The van der Waals surface area contributed by atoms with Gasteiger partial charge < -0.3 is 10.2 Å². The molecule has 3 nitrogen and oxygen atoms in total. The quantitative estimate of drug-likeness (QED) is 0.771. The number of halogens is 4. The summed E-state index contributed by atoms with van der Waals surface area (Å²) in [5.74, 6) is -0.407. The van der Waals surface area contributed by atoms with Gasteiger partial charge in [0.05, 0.1) is 11.6 Å². The maximum atomic E-state index is 13.3. The first-order valence-corrected chi connectivity index (χ1v) is 8.31. The Bertz CT molecular complexity index is 791. The number of benzene rings is 2. The van der Waals surface area contributed by atoms with Crippen molar-refractivity contribution < 1.29 is 22.4 Å². The Hall–Kier alpha value is -2.57. The zero-order chi connectivity index (χ0) is 18.7. The van der Waals surface area contributed by atoms with Crippen LogP contribution in [0.2, 0.25) is 0 Å². The number of carbonyl (C=O) groups excluding carboxylic acids is 1. The number of nitrogens with zero attached hydrogens (tertiary/aromatic N) is 1. The van der Waals surface area contributed by atoms with Gasteiger partial charge in [0.2, 0.25) is 0 Å². The molecule has 2 aromatic carbocycles. The number of nitrogens with one attached hydrogen (secondary N) is 1. The Kier molecular flexibility index (Phi) is 5.15. The van der Waals surface area contributed by atoms with E-state index in [0.29, 0.717) is 24.9 Å². The van der Waals surface area contributed by atoms with E-state index >= 15 is 0 Å². The first kappa shape index (κ1) is 18.2. The predicted molar refractivity (Wildman–Crippen MR) is 88.8 cm³/mol. The van der Waals surface area contributed by atoms with Crippen molar-refractivity contribution in [2.24, 2.45) is 0 Å². The molecule has 0 radical (unpaired) electrons. The Morgan fingerprint density at radius 3 is 2.65 bits per heavy atom. The molecule has 7 heteroatoms. The number of urea groups is 1. The Morgan fingerprint density at radius 1 is 1.15 bits per heavy atom. The Morgan fingerprint density at radius 2 is 1.92 bits per heavy atom. The lowest BCUT2D eigenvalue weighted by Gasteiger charge is -2.27. The van der Waals surface area contributed by atoms with Crippen LogP contribution < -0.4 is 5.32 Å². The number of likely N-dealkylation sites (tertiary alicyclic amines) is 1. The van der Waals surface area contributed by atoms with Crippen LogP contribution in [0.3, 0.4) is 0 Å². The van der Waals surface area contributed by atoms with Gasteiger partial charge >= 0.3 is 12.2 Å². The van der Waals surface area contributed by atoms with Crippen molar-refractivity contribution in [3.8, 4) is 0 Å². The SMILES string of the molecule is O=C(NCc1cccc(F)c1)N1CCCC1c1ccccc1C(F)(F)F. The summed E-state index contributed by atoms with van der Waals surface area (Å²) in [6, 6.07) is 10.1. The summed E-state index contributed by atoms with van der Waals surface area (Å²) in [5.41, 5.74) is -0.0157. The number of rotatable bonds is 3. The van der Waals surface area contributed by atoms with Gasteiger partial charge in [-0.3, -0.25) is 0 Å². The standard InChI is InChI=1S/C19H18F4N2O/c20-14-6-3-5-13(11-14)12-24-18(26)25-10-4-9-17(25)15-7-1-2-8-16(15)19(21,22)23/h1-3,5-8,11,17H,4,9-10,12H2,(H,24,26). The summed E-state index contributed by atoms with van der Waals surface area (Å²) in [7, 11) is 0. The molecule has 1 aliphatic rings. The van der Waals surface area contributed by atoms with E-state index in [4.69, 9.17) is 0 Å². The third-order valence-corrected chi connectivity index (χ3v) is 4.47. The van der Waals surface area contributed by atoms with E-state index in [0.717, 1.165) is 6.07 Å². The monoisotopic (exact) mass is 366 g/mol. The second kappa shape index (κ2) is 7.35. The topological polar surface area (TPSA) is 32.3 Å². The lowest BCUT2D eigenvalue weighted by atomic mass is 9.98. The van der Waals surface area contributed by atoms with Crippen molar-refractivity contribution in [2.45, 2.75) is 31.6 Å². The molecule has 1 N–H and O–H groups in total. The van der Waals surface area contributed by atoms with Crippen LogP contribution in [0.15, 0.2) is 48.5 Å². The molecule has 2 aromatic rings. The fourth-order valence-electron chi connectivity index (χ4n) is 3.31. The van der Waals surface area contributed by atoms with Crippen molar-refractivity contribution in [3.05, 3.63) is 71.0 Å². The van der Waals surface area contributed by atoms with Gasteiger partial charge in [-0.05, 0) is 42.2 Å². The highest BCUT2D eigenvalue weighted by Crippen LogP contribution is 2.40. The summed E-state index contributed by atoms with van der Waals surface area (Å²) >= 11 is 0. The van der Waals surface area contributed by atoms with Gasteiger partial charge in [-0.1, -0.05) is 30.3 Å².